The fourth-order valence-corrected chi connectivity index (χ4v) is 4.76. The Bertz CT molecular complexity index is 1480. The molecule has 38 heavy (non-hydrogen) atoms. The Balaban J connectivity index is 1.63. The van der Waals surface area contributed by atoms with Gasteiger partial charge in [0.2, 0.25) is 11.0 Å². The van der Waals surface area contributed by atoms with Gasteiger partial charge in [-0.3, -0.25) is 14.2 Å². The molecule has 0 aliphatic carbocycles. The zero-order valence-corrected chi connectivity index (χ0v) is 22.5. The number of esters is 1. The predicted octanol–water partition coefficient (Wildman–Crippen LogP) is 5.87. The maximum atomic E-state index is 12.1. The van der Waals surface area contributed by atoms with Crippen molar-refractivity contribution in [1.82, 2.24) is 9.55 Å². The average molecular weight is 577 g/mol. The smallest absolute Gasteiger partial charge is 0.325 e. The molecule has 3 N–H and O–H groups in total. The molecule has 0 spiro atoms. The van der Waals surface area contributed by atoms with Gasteiger partial charge >= 0.3 is 5.97 Å². The van der Waals surface area contributed by atoms with Gasteiger partial charge in [-0.1, -0.05) is 34.5 Å². The molecule has 0 aliphatic rings. The summed E-state index contributed by atoms with van der Waals surface area (Å²) >= 11 is 13.4. The van der Waals surface area contributed by atoms with E-state index in [1.807, 2.05) is 0 Å². The first kappa shape index (κ1) is 27.2. The second-order valence-corrected chi connectivity index (χ2v) is 9.84. The van der Waals surface area contributed by atoms with Crippen LogP contribution in [0.15, 0.2) is 52.7 Å². The van der Waals surface area contributed by atoms with Crippen LogP contribution in [0.4, 0.5) is 22.2 Å². The number of benzene rings is 2. The quantitative estimate of drug-likeness (QED) is 0.167. The molecule has 0 saturated heterocycles. The van der Waals surface area contributed by atoms with Crippen LogP contribution in [0.2, 0.25) is 10.0 Å². The van der Waals surface area contributed by atoms with Gasteiger partial charge in [0, 0.05) is 37.8 Å². The Hall–Kier alpha value is -3.87. The minimum atomic E-state index is -0.494. The topological polar surface area (TPSA) is 142 Å². The molecule has 14 heteroatoms. The van der Waals surface area contributed by atoms with E-state index >= 15 is 0 Å². The summed E-state index contributed by atoms with van der Waals surface area (Å²) in [4.78, 5) is 30.1. The number of carbonyl (C=O) groups is 2. The number of halogens is 2. The molecule has 0 atom stereocenters. The average Bonchev–Trinajstić information content (AvgIpc) is 3.41. The van der Waals surface area contributed by atoms with Gasteiger partial charge in [-0.05, 0) is 30.3 Å². The number of anilines is 2. The number of aromatic hydroxyl groups is 2. The lowest BCUT2D eigenvalue weighted by Crippen LogP contribution is -2.33. The number of aromatic nitrogens is 2. The number of rotatable bonds is 9. The lowest BCUT2D eigenvalue weighted by atomic mass is 10.2. The van der Waals surface area contributed by atoms with E-state index in [0.29, 0.717) is 37.8 Å². The van der Waals surface area contributed by atoms with Crippen molar-refractivity contribution in [3.8, 4) is 11.8 Å². The van der Waals surface area contributed by atoms with Crippen molar-refractivity contribution in [3.63, 3.8) is 0 Å². The summed E-state index contributed by atoms with van der Waals surface area (Å²) in [5.41, 5.74) is 1.91. The highest BCUT2D eigenvalue weighted by molar-refractivity contribution is 7.22. The van der Waals surface area contributed by atoms with Crippen LogP contribution in [-0.2, 0) is 20.9 Å². The Kier molecular flexibility index (Phi) is 8.35. The highest BCUT2D eigenvalue weighted by Gasteiger charge is 2.17. The number of nitrogens with one attached hydrogen (secondary N) is 1. The van der Waals surface area contributed by atoms with Crippen LogP contribution < -0.4 is 10.2 Å². The zero-order valence-electron chi connectivity index (χ0n) is 20.2. The third-order valence-corrected chi connectivity index (χ3v) is 7.02. The van der Waals surface area contributed by atoms with Crippen LogP contribution in [0.1, 0.15) is 6.92 Å². The highest BCUT2D eigenvalue weighted by atomic mass is 35.5. The van der Waals surface area contributed by atoms with Crippen LogP contribution in [-0.4, -0.2) is 51.8 Å². The second kappa shape index (κ2) is 11.7. The molecule has 0 bridgehead atoms. The molecule has 4 rings (SSSR count). The van der Waals surface area contributed by atoms with Gasteiger partial charge in [0.1, 0.15) is 12.2 Å². The number of hydrogen-bond acceptors (Lipinski definition) is 10. The number of methoxy groups -OCH3 is 1. The van der Waals surface area contributed by atoms with Crippen LogP contribution >= 0.6 is 34.5 Å². The van der Waals surface area contributed by atoms with E-state index in [4.69, 9.17) is 27.9 Å². The first-order chi connectivity index (χ1) is 18.1. The number of amides is 1. The molecule has 0 aliphatic heterocycles. The van der Waals surface area contributed by atoms with Gasteiger partial charge in [0.15, 0.2) is 11.8 Å². The minimum absolute atomic E-state index is 0.115. The van der Waals surface area contributed by atoms with Gasteiger partial charge in [0.05, 0.1) is 33.1 Å². The van der Waals surface area contributed by atoms with Crippen LogP contribution in [0.25, 0.3) is 10.2 Å². The van der Waals surface area contributed by atoms with Gasteiger partial charge in [-0.2, -0.15) is 0 Å². The SMILES string of the molecule is COC(=O)CN(CCn1c(O)ccc1O)c1ccc(N=Nc2nc3cc(Cl)c(Cl)cc3s2)c(NC(C)=O)c1. The largest absolute Gasteiger partial charge is 0.494 e. The molecule has 0 saturated carbocycles. The summed E-state index contributed by atoms with van der Waals surface area (Å²) in [6, 6.07) is 11.1. The summed E-state index contributed by atoms with van der Waals surface area (Å²) in [5, 5.41) is 32.3. The Morgan fingerprint density at radius 3 is 2.50 bits per heavy atom. The van der Waals surface area contributed by atoms with E-state index in [0.717, 1.165) is 4.70 Å². The molecule has 11 nitrogen and oxygen atoms in total. The lowest BCUT2D eigenvalue weighted by Gasteiger charge is -2.25. The maximum absolute atomic E-state index is 12.1. The third kappa shape index (κ3) is 6.33. The van der Waals surface area contributed by atoms with E-state index in [9.17, 15) is 19.8 Å². The summed E-state index contributed by atoms with van der Waals surface area (Å²) in [6.07, 6.45) is 0. The standard InChI is InChI=1S/C24H22Cl2N6O5S/c1-13(33)27-18-9-14(31(12-23(36)37-2)7-8-32-21(34)5-6-22(32)35)3-4-17(18)29-30-24-28-19-10-15(25)16(26)11-20(19)38-24/h3-6,9-11,34-35H,7-8,12H2,1-2H3,(H,27,33). The first-order valence-corrected chi connectivity index (χ1v) is 12.7. The molecule has 0 radical (unpaired) electrons. The number of fused-ring (bicyclic) bond motifs is 1. The van der Waals surface area contributed by atoms with Crippen molar-refractivity contribution in [2.24, 2.45) is 10.2 Å². The zero-order chi connectivity index (χ0) is 27.4. The predicted molar refractivity (Wildman–Crippen MR) is 147 cm³/mol. The van der Waals surface area contributed by atoms with Crippen molar-refractivity contribution in [1.29, 1.82) is 0 Å². The molecular formula is C24H22Cl2N6O5S. The van der Waals surface area contributed by atoms with Crippen molar-refractivity contribution < 1.29 is 24.5 Å². The summed E-state index contributed by atoms with van der Waals surface area (Å²) in [5.74, 6) is -1.05. The summed E-state index contributed by atoms with van der Waals surface area (Å²) in [7, 11) is 1.28. The second-order valence-electron chi connectivity index (χ2n) is 8.01. The molecule has 2 aromatic heterocycles. The van der Waals surface area contributed by atoms with Crippen LogP contribution in [0.3, 0.4) is 0 Å². The maximum Gasteiger partial charge on any atom is 0.325 e. The van der Waals surface area contributed by atoms with Crippen molar-refractivity contribution in [3.05, 3.63) is 52.5 Å². The number of nitrogens with zero attached hydrogens (tertiary/aromatic N) is 5. The Labute approximate surface area is 230 Å². The fourth-order valence-electron chi connectivity index (χ4n) is 3.56. The van der Waals surface area contributed by atoms with Gasteiger partial charge in [0.25, 0.3) is 0 Å². The molecule has 198 valence electrons. The lowest BCUT2D eigenvalue weighted by molar-refractivity contribution is -0.139. The minimum Gasteiger partial charge on any atom is -0.494 e. The summed E-state index contributed by atoms with van der Waals surface area (Å²) in [6.45, 7) is 1.64. The Morgan fingerprint density at radius 2 is 1.82 bits per heavy atom. The number of carbonyl (C=O) groups excluding carboxylic acids is 2. The molecule has 2 heterocycles. The normalized spacial score (nSPS) is 11.3. The van der Waals surface area contributed by atoms with Gasteiger partial charge in [-0.25, -0.2) is 4.98 Å². The Morgan fingerprint density at radius 1 is 1.11 bits per heavy atom. The molecule has 1 amide bonds. The van der Waals surface area contributed by atoms with Crippen molar-refractivity contribution >= 4 is 78.8 Å². The molecular weight excluding hydrogens is 555 g/mol. The number of thiazole rings is 1. The molecule has 0 fully saturated rings. The number of hydrogen-bond donors (Lipinski definition) is 3. The van der Waals surface area contributed by atoms with Crippen molar-refractivity contribution in [2.75, 3.05) is 30.4 Å². The van der Waals surface area contributed by atoms with E-state index in [1.54, 1.807) is 35.2 Å². The van der Waals surface area contributed by atoms with Gasteiger partial charge in [-0.15, -0.1) is 10.2 Å². The molecule has 2 aromatic carbocycles. The number of azo groups is 1. The highest BCUT2D eigenvalue weighted by Crippen LogP contribution is 2.36. The molecule has 4 aromatic rings. The van der Waals surface area contributed by atoms with E-state index in [-0.39, 0.29) is 37.3 Å². The van der Waals surface area contributed by atoms with Crippen LogP contribution in [0.5, 0.6) is 11.8 Å². The van der Waals surface area contributed by atoms with Gasteiger partial charge < -0.3 is 25.2 Å². The monoisotopic (exact) mass is 576 g/mol. The van der Waals surface area contributed by atoms with E-state index in [1.165, 1.54) is 42.1 Å². The van der Waals surface area contributed by atoms with Crippen molar-refractivity contribution in [2.45, 2.75) is 13.5 Å². The third-order valence-electron chi connectivity index (χ3n) is 5.39. The number of ether oxygens (including phenoxy) is 1. The van der Waals surface area contributed by atoms with E-state index < -0.39 is 5.97 Å². The van der Waals surface area contributed by atoms with E-state index in [2.05, 4.69) is 20.5 Å². The summed E-state index contributed by atoms with van der Waals surface area (Å²) < 4.78 is 6.91. The fraction of sp³-hybridized carbons (Fsp3) is 0.208. The first-order valence-electron chi connectivity index (χ1n) is 11.1. The molecule has 0 unspecified atom stereocenters. The van der Waals surface area contributed by atoms with Crippen LogP contribution in [0, 0.1) is 0 Å².